The maximum Gasteiger partial charge on any atom is 0.125 e. The highest BCUT2D eigenvalue weighted by Crippen LogP contribution is 2.14. The Hall–Kier alpha value is -0.830. The molecule has 3 nitrogen and oxygen atoms in total. The molecular formula is C11H21N3. The summed E-state index contributed by atoms with van der Waals surface area (Å²) in [4.78, 5) is 4.43. The minimum atomic E-state index is 0.404. The molecule has 3 heteroatoms. The molecule has 0 fully saturated rings. The summed E-state index contributed by atoms with van der Waals surface area (Å²) in [5.41, 5.74) is 0. The first-order valence-corrected chi connectivity index (χ1v) is 5.57. The van der Waals surface area contributed by atoms with Gasteiger partial charge in [0.2, 0.25) is 0 Å². The molecule has 80 valence electrons. The van der Waals surface area contributed by atoms with E-state index >= 15 is 0 Å². The van der Waals surface area contributed by atoms with Crippen molar-refractivity contribution in [2.24, 2.45) is 0 Å². The number of aryl methyl sites for hydroxylation is 1. The molecular weight excluding hydrogens is 174 g/mol. The van der Waals surface area contributed by atoms with Crippen molar-refractivity contribution < 1.29 is 0 Å². The SMILES string of the molecule is CCCn1ccnc1C(CC)NCC. The van der Waals surface area contributed by atoms with Gasteiger partial charge in [0.15, 0.2) is 0 Å². The van der Waals surface area contributed by atoms with E-state index in [0.29, 0.717) is 6.04 Å². The second-order valence-electron chi connectivity index (χ2n) is 3.50. The normalized spacial score (nSPS) is 13.1. The van der Waals surface area contributed by atoms with Gasteiger partial charge in [-0.25, -0.2) is 4.98 Å². The Labute approximate surface area is 86.5 Å². The molecule has 1 heterocycles. The van der Waals surface area contributed by atoms with E-state index in [0.717, 1.165) is 25.9 Å². The average Bonchev–Trinajstić information content (AvgIpc) is 2.63. The quantitative estimate of drug-likeness (QED) is 0.755. The molecule has 0 bridgehead atoms. The van der Waals surface area contributed by atoms with E-state index < -0.39 is 0 Å². The number of nitrogens with one attached hydrogen (secondary N) is 1. The molecule has 0 aromatic carbocycles. The molecule has 0 amide bonds. The van der Waals surface area contributed by atoms with Crippen LogP contribution in [0.4, 0.5) is 0 Å². The number of imidazole rings is 1. The zero-order chi connectivity index (χ0) is 10.4. The van der Waals surface area contributed by atoms with Gasteiger partial charge in [0.1, 0.15) is 5.82 Å². The van der Waals surface area contributed by atoms with E-state index in [4.69, 9.17) is 0 Å². The van der Waals surface area contributed by atoms with Gasteiger partial charge in [0.05, 0.1) is 6.04 Å². The predicted octanol–water partition coefficient (Wildman–Crippen LogP) is 2.35. The van der Waals surface area contributed by atoms with Crippen LogP contribution in [0.5, 0.6) is 0 Å². The van der Waals surface area contributed by atoms with Crippen LogP contribution in [0.25, 0.3) is 0 Å². The van der Waals surface area contributed by atoms with Crippen LogP contribution in [0, 0.1) is 0 Å². The third kappa shape index (κ3) is 2.58. The van der Waals surface area contributed by atoms with Crippen LogP contribution in [0.1, 0.15) is 45.5 Å². The van der Waals surface area contributed by atoms with Crippen LogP contribution in [0.2, 0.25) is 0 Å². The average molecular weight is 195 g/mol. The van der Waals surface area contributed by atoms with Crippen molar-refractivity contribution in [1.82, 2.24) is 14.9 Å². The Morgan fingerprint density at radius 1 is 1.43 bits per heavy atom. The van der Waals surface area contributed by atoms with Gasteiger partial charge in [-0.05, 0) is 19.4 Å². The maximum atomic E-state index is 4.43. The molecule has 14 heavy (non-hydrogen) atoms. The Morgan fingerprint density at radius 3 is 2.79 bits per heavy atom. The summed E-state index contributed by atoms with van der Waals surface area (Å²) in [6.07, 6.45) is 6.21. The van der Waals surface area contributed by atoms with Gasteiger partial charge in [0, 0.05) is 18.9 Å². The smallest absolute Gasteiger partial charge is 0.125 e. The summed E-state index contributed by atoms with van der Waals surface area (Å²) >= 11 is 0. The molecule has 0 aliphatic heterocycles. The predicted molar refractivity (Wildman–Crippen MR) is 59.2 cm³/mol. The molecule has 1 unspecified atom stereocenters. The highest BCUT2D eigenvalue weighted by atomic mass is 15.1. The molecule has 0 aliphatic carbocycles. The molecule has 1 N–H and O–H groups in total. The highest BCUT2D eigenvalue weighted by molar-refractivity contribution is 4.99. The number of hydrogen-bond donors (Lipinski definition) is 1. The van der Waals surface area contributed by atoms with Crippen LogP contribution in [0.3, 0.4) is 0 Å². The Bertz CT molecular complexity index is 255. The minimum Gasteiger partial charge on any atom is -0.334 e. The second-order valence-corrected chi connectivity index (χ2v) is 3.50. The van der Waals surface area contributed by atoms with Crippen LogP contribution in [0.15, 0.2) is 12.4 Å². The van der Waals surface area contributed by atoms with Crippen LogP contribution >= 0.6 is 0 Å². The number of nitrogens with zero attached hydrogens (tertiary/aromatic N) is 2. The molecule has 1 atom stereocenters. The van der Waals surface area contributed by atoms with E-state index in [-0.39, 0.29) is 0 Å². The summed E-state index contributed by atoms with van der Waals surface area (Å²) in [7, 11) is 0. The zero-order valence-electron chi connectivity index (χ0n) is 9.45. The van der Waals surface area contributed by atoms with Crippen molar-refractivity contribution >= 4 is 0 Å². The molecule has 1 aromatic heterocycles. The summed E-state index contributed by atoms with van der Waals surface area (Å²) < 4.78 is 2.25. The van der Waals surface area contributed by atoms with Crippen molar-refractivity contribution in [3.05, 3.63) is 18.2 Å². The summed E-state index contributed by atoms with van der Waals surface area (Å²) in [6, 6.07) is 0.404. The van der Waals surface area contributed by atoms with Gasteiger partial charge in [0.25, 0.3) is 0 Å². The standard InChI is InChI=1S/C11H21N3/c1-4-8-14-9-7-13-11(14)10(5-2)12-6-3/h7,9-10,12H,4-6,8H2,1-3H3. The largest absolute Gasteiger partial charge is 0.334 e. The molecule has 1 rings (SSSR count). The summed E-state index contributed by atoms with van der Waals surface area (Å²) in [6.45, 7) is 8.58. The minimum absolute atomic E-state index is 0.404. The highest BCUT2D eigenvalue weighted by Gasteiger charge is 2.12. The lowest BCUT2D eigenvalue weighted by Gasteiger charge is -2.16. The molecule has 0 spiro atoms. The first kappa shape index (κ1) is 11.2. The van der Waals surface area contributed by atoms with Gasteiger partial charge in [-0.15, -0.1) is 0 Å². The van der Waals surface area contributed by atoms with Crippen molar-refractivity contribution in [3.63, 3.8) is 0 Å². The van der Waals surface area contributed by atoms with E-state index in [1.54, 1.807) is 0 Å². The second kappa shape index (κ2) is 5.81. The third-order valence-electron chi connectivity index (χ3n) is 2.38. The first-order chi connectivity index (χ1) is 6.83. The maximum absolute atomic E-state index is 4.43. The van der Waals surface area contributed by atoms with Gasteiger partial charge in [-0.1, -0.05) is 20.8 Å². The van der Waals surface area contributed by atoms with E-state index in [2.05, 4.69) is 41.8 Å². The Balaban J connectivity index is 2.74. The molecule has 0 saturated carbocycles. The van der Waals surface area contributed by atoms with Gasteiger partial charge in [-0.3, -0.25) is 0 Å². The van der Waals surface area contributed by atoms with Crippen molar-refractivity contribution in [2.45, 2.75) is 46.2 Å². The topological polar surface area (TPSA) is 29.9 Å². The monoisotopic (exact) mass is 195 g/mol. The van der Waals surface area contributed by atoms with E-state index in [1.807, 2.05) is 6.20 Å². The lowest BCUT2D eigenvalue weighted by molar-refractivity contribution is 0.479. The molecule has 1 aromatic rings. The van der Waals surface area contributed by atoms with Crippen LogP contribution < -0.4 is 5.32 Å². The zero-order valence-corrected chi connectivity index (χ0v) is 9.45. The van der Waals surface area contributed by atoms with Gasteiger partial charge < -0.3 is 9.88 Å². The lowest BCUT2D eigenvalue weighted by Crippen LogP contribution is -2.23. The fourth-order valence-electron chi connectivity index (χ4n) is 1.73. The molecule has 0 saturated heterocycles. The van der Waals surface area contributed by atoms with Crippen molar-refractivity contribution in [3.8, 4) is 0 Å². The lowest BCUT2D eigenvalue weighted by atomic mass is 10.2. The Morgan fingerprint density at radius 2 is 2.21 bits per heavy atom. The summed E-state index contributed by atoms with van der Waals surface area (Å²) in [5.74, 6) is 1.18. The van der Waals surface area contributed by atoms with Crippen LogP contribution in [-0.4, -0.2) is 16.1 Å². The molecule has 0 aliphatic rings. The van der Waals surface area contributed by atoms with Crippen molar-refractivity contribution in [2.75, 3.05) is 6.54 Å². The Kier molecular flexibility index (Phi) is 4.66. The third-order valence-corrected chi connectivity index (χ3v) is 2.38. The number of aromatic nitrogens is 2. The fraction of sp³-hybridized carbons (Fsp3) is 0.727. The fourth-order valence-corrected chi connectivity index (χ4v) is 1.73. The van der Waals surface area contributed by atoms with E-state index in [1.165, 1.54) is 5.82 Å². The molecule has 0 radical (unpaired) electrons. The first-order valence-electron chi connectivity index (χ1n) is 5.57. The van der Waals surface area contributed by atoms with Gasteiger partial charge >= 0.3 is 0 Å². The summed E-state index contributed by atoms with van der Waals surface area (Å²) in [5, 5.41) is 3.45. The van der Waals surface area contributed by atoms with E-state index in [9.17, 15) is 0 Å². The van der Waals surface area contributed by atoms with Gasteiger partial charge in [-0.2, -0.15) is 0 Å². The van der Waals surface area contributed by atoms with Crippen molar-refractivity contribution in [1.29, 1.82) is 0 Å². The van der Waals surface area contributed by atoms with Crippen LogP contribution in [-0.2, 0) is 6.54 Å². The number of hydrogen-bond acceptors (Lipinski definition) is 2. The number of rotatable bonds is 6.